The molecule has 0 bridgehead atoms. The van der Waals surface area contributed by atoms with Gasteiger partial charge in [-0.05, 0) is 36.2 Å². The minimum absolute atomic E-state index is 0.173. The van der Waals surface area contributed by atoms with Gasteiger partial charge in [0.15, 0.2) is 0 Å². The van der Waals surface area contributed by atoms with Crippen molar-refractivity contribution in [3.05, 3.63) is 52.5 Å². The molecule has 0 aliphatic heterocycles. The topological polar surface area (TPSA) is 44.8 Å². The molecule has 2 aromatic rings. The van der Waals surface area contributed by atoms with E-state index in [2.05, 4.69) is 18.1 Å². The predicted molar refractivity (Wildman–Crippen MR) is 89.9 cm³/mol. The van der Waals surface area contributed by atoms with Crippen LogP contribution in [0.5, 0.6) is 17.2 Å². The standard InChI is InChI=1S/C17H16Cl2O4/c1-10(2)14-8-11(5-7-16(14)21-3)22-12-4-6-13(15(18)9-12)17(20)23-19/h4-10H,1-3H3. The summed E-state index contributed by atoms with van der Waals surface area (Å²) in [6.45, 7) is 4.15. The van der Waals surface area contributed by atoms with Crippen molar-refractivity contribution in [3.63, 3.8) is 0 Å². The maximum atomic E-state index is 11.4. The molecule has 0 N–H and O–H groups in total. The number of ether oxygens (including phenoxy) is 2. The number of methoxy groups -OCH3 is 1. The number of hydrogen-bond donors (Lipinski definition) is 0. The summed E-state index contributed by atoms with van der Waals surface area (Å²) in [5.41, 5.74) is 1.21. The number of benzene rings is 2. The zero-order valence-electron chi connectivity index (χ0n) is 12.9. The normalized spacial score (nSPS) is 10.5. The molecule has 0 saturated carbocycles. The molecular weight excluding hydrogens is 339 g/mol. The van der Waals surface area contributed by atoms with Gasteiger partial charge in [0.05, 0.1) is 17.7 Å². The van der Waals surface area contributed by atoms with Crippen LogP contribution in [0.2, 0.25) is 5.02 Å². The molecule has 0 saturated heterocycles. The van der Waals surface area contributed by atoms with Gasteiger partial charge in [0.25, 0.3) is 0 Å². The highest BCUT2D eigenvalue weighted by molar-refractivity contribution is 6.34. The van der Waals surface area contributed by atoms with Gasteiger partial charge in [-0.15, -0.1) is 0 Å². The Morgan fingerprint density at radius 2 is 1.74 bits per heavy atom. The summed E-state index contributed by atoms with van der Waals surface area (Å²) in [5, 5.41) is 0.200. The van der Waals surface area contributed by atoms with Crippen LogP contribution in [-0.2, 0) is 4.29 Å². The third-order valence-electron chi connectivity index (χ3n) is 3.29. The second-order valence-electron chi connectivity index (χ2n) is 5.17. The molecule has 0 aromatic heterocycles. The Kier molecular flexibility index (Phi) is 5.74. The molecule has 0 unspecified atom stereocenters. The fourth-order valence-electron chi connectivity index (χ4n) is 2.13. The van der Waals surface area contributed by atoms with E-state index in [9.17, 15) is 4.79 Å². The van der Waals surface area contributed by atoms with Crippen LogP contribution in [0.4, 0.5) is 0 Å². The van der Waals surface area contributed by atoms with Crippen molar-refractivity contribution >= 4 is 29.4 Å². The molecule has 4 nitrogen and oxygen atoms in total. The van der Waals surface area contributed by atoms with Crippen LogP contribution in [-0.4, -0.2) is 13.1 Å². The van der Waals surface area contributed by atoms with Crippen LogP contribution < -0.4 is 9.47 Å². The highest BCUT2D eigenvalue weighted by Crippen LogP contribution is 2.33. The number of hydrogen-bond acceptors (Lipinski definition) is 4. The molecule has 0 radical (unpaired) electrons. The van der Waals surface area contributed by atoms with E-state index in [-0.39, 0.29) is 16.5 Å². The van der Waals surface area contributed by atoms with E-state index in [1.54, 1.807) is 19.2 Å². The summed E-state index contributed by atoms with van der Waals surface area (Å²) in [4.78, 5) is 11.4. The van der Waals surface area contributed by atoms with Gasteiger partial charge in [0.2, 0.25) is 0 Å². The lowest BCUT2D eigenvalue weighted by atomic mass is 10.0. The summed E-state index contributed by atoms with van der Waals surface area (Å²) >= 11 is 11.1. The second kappa shape index (κ2) is 7.57. The summed E-state index contributed by atoms with van der Waals surface area (Å²) in [7, 11) is 1.64. The first-order chi connectivity index (χ1) is 11.0. The summed E-state index contributed by atoms with van der Waals surface area (Å²) in [6.07, 6.45) is 0. The fraction of sp³-hybridized carbons (Fsp3) is 0.235. The van der Waals surface area contributed by atoms with E-state index in [0.717, 1.165) is 11.3 Å². The van der Waals surface area contributed by atoms with Gasteiger partial charge in [-0.3, -0.25) is 0 Å². The predicted octanol–water partition coefficient (Wildman–Crippen LogP) is 5.57. The first kappa shape index (κ1) is 17.4. The van der Waals surface area contributed by atoms with Gasteiger partial charge in [0, 0.05) is 11.6 Å². The third-order valence-corrected chi connectivity index (χ3v) is 3.74. The van der Waals surface area contributed by atoms with Crippen molar-refractivity contribution in [1.82, 2.24) is 0 Å². The maximum absolute atomic E-state index is 11.4. The third kappa shape index (κ3) is 4.09. The largest absolute Gasteiger partial charge is 0.496 e. The molecule has 0 aliphatic rings. The Morgan fingerprint density at radius 1 is 1.09 bits per heavy atom. The van der Waals surface area contributed by atoms with Gasteiger partial charge < -0.3 is 13.8 Å². The average molecular weight is 355 g/mol. The van der Waals surface area contributed by atoms with E-state index in [4.69, 9.17) is 32.9 Å². The Balaban J connectivity index is 2.27. The highest BCUT2D eigenvalue weighted by Gasteiger charge is 2.14. The first-order valence-corrected chi connectivity index (χ1v) is 7.63. The highest BCUT2D eigenvalue weighted by atomic mass is 35.5. The molecule has 0 aliphatic carbocycles. The summed E-state index contributed by atoms with van der Waals surface area (Å²) in [5.74, 6) is 1.54. The van der Waals surface area contributed by atoms with Gasteiger partial charge in [0.1, 0.15) is 29.1 Å². The lowest BCUT2D eigenvalue weighted by Gasteiger charge is -2.14. The smallest absolute Gasteiger partial charge is 0.357 e. The van der Waals surface area contributed by atoms with Crippen molar-refractivity contribution in [2.45, 2.75) is 19.8 Å². The lowest BCUT2D eigenvalue weighted by molar-refractivity contribution is 0.0751. The Labute approximate surface area is 145 Å². The number of carbonyl (C=O) groups excluding carboxylic acids is 1. The van der Waals surface area contributed by atoms with Gasteiger partial charge in [-0.1, -0.05) is 25.4 Å². The van der Waals surface area contributed by atoms with Crippen LogP contribution in [0.3, 0.4) is 0 Å². The Hall–Kier alpha value is -1.91. The van der Waals surface area contributed by atoms with E-state index in [0.29, 0.717) is 11.5 Å². The summed E-state index contributed by atoms with van der Waals surface area (Å²) < 4.78 is 15.3. The van der Waals surface area contributed by atoms with Gasteiger partial charge in [-0.2, -0.15) is 0 Å². The Morgan fingerprint density at radius 3 is 2.30 bits per heavy atom. The molecule has 0 heterocycles. The molecule has 6 heteroatoms. The molecule has 23 heavy (non-hydrogen) atoms. The lowest BCUT2D eigenvalue weighted by Crippen LogP contribution is -1.99. The average Bonchev–Trinajstić information content (AvgIpc) is 2.54. The van der Waals surface area contributed by atoms with E-state index >= 15 is 0 Å². The van der Waals surface area contributed by atoms with E-state index in [1.807, 2.05) is 12.1 Å². The quantitative estimate of drug-likeness (QED) is 0.703. The number of rotatable bonds is 5. The van der Waals surface area contributed by atoms with Crippen molar-refractivity contribution in [3.8, 4) is 17.2 Å². The summed E-state index contributed by atoms with van der Waals surface area (Å²) in [6, 6.07) is 10.2. The van der Waals surface area contributed by atoms with E-state index in [1.165, 1.54) is 12.1 Å². The molecule has 0 fully saturated rings. The number of halogens is 2. The van der Waals surface area contributed by atoms with Crippen molar-refractivity contribution < 1.29 is 18.6 Å². The molecule has 2 aromatic carbocycles. The molecule has 122 valence electrons. The zero-order valence-corrected chi connectivity index (χ0v) is 14.4. The monoisotopic (exact) mass is 354 g/mol. The van der Waals surface area contributed by atoms with Crippen LogP contribution in [0, 0.1) is 0 Å². The second-order valence-corrected chi connectivity index (χ2v) is 5.73. The minimum Gasteiger partial charge on any atom is -0.496 e. The Bertz CT molecular complexity index is 714. The first-order valence-electron chi connectivity index (χ1n) is 6.94. The molecule has 0 spiro atoms. The minimum atomic E-state index is -0.713. The van der Waals surface area contributed by atoms with Crippen molar-refractivity contribution in [1.29, 1.82) is 0 Å². The van der Waals surface area contributed by atoms with Gasteiger partial charge in [-0.25, -0.2) is 4.79 Å². The SMILES string of the molecule is COc1ccc(Oc2ccc(C(=O)OCl)c(Cl)c2)cc1C(C)C. The van der Waals surface area contributed by atoms with Crippen LogP contribution >= 0.6 is 23.5 Å². The van der Waals surface area contributed by atoms with Crippen LogP contribution in [0.1, 0.15) is 35.7 Å². The molecule has 0 atom stereocenters. The van der Waals surface area contributed by atoms with Crippen LogP contribution in [0.15, 0.2) is 36.4 Å². The molecule has 0 amide bonds. The molecular formula is C17H16Cl2O4. The van der Waals surface area contributed by atoms with Gasteiger partial charge >= 0.3 is 5.97 Å². The maximum Gasteiger partial charge on any atom is 0.357 e. The molecule has 2 rings (SSSR count). The van der Waals surface area contributed by atoms with E-state index < -0.39 is 5.97 Å². The fourth-order valence-corrected chi connectivity index (χ4v) is 2.46. The van der Waals surface area contributed by atoms with Crippen molar-refractivity contribution in [2.75, 3.05) is 7.11 Å². The zero-order chi connectivity index (χ0) is 17.0. The number of carbonyl (C=O) groups is 1. The van der Waals surface area contributed by atoms with Crippen LogP contribution in [0.25, 0.3) is 0 Å². The van der Waals surface area contributed by atoms with Crippen molar-refractivity contribution in [2.24, 2.45) is 0 Å².